The van der Waals surface area contributed by atoms with Crippen molar-refractivity contribution >= 4 is 15.6 Å². The summed E-state index contributed by atoms with van der Waals surface area (Å²) in [5, 5.41) is 0.175. The Kier molecular flexibility index (Phi) is 2.76. The van der Waals surface area contributed by atoms with E-state index >= 15 is 0 Å². The predicted molar refractivity (Wildman–Crippen MR) is 59.7 cm³/mol. The molecule has 1 aromatic carbocycles. The highest BCUT2D eigenvalue weighted by Crippen LogP contribution is 2.22. The number of hydrogen-bond acceptors (Lipinski definition) is 2. The maximum absolute atomic E-state index is 12.2. The molecule has 0 aliphatic rings. The van der Waals surface area contributed by atoms with Crippen LogP contribution >= 0.6 is 0 Å². The van der Waals surface area contributed by atoms with Gasteiger partial charge in [-0.15, -0.1) is 0 Å². The highest BCUT2D eigenvalue weighted by atomic mass is 32.2. The Balaban J connectivity index is 3.15. The van der Waals surface area contributed by atoms with Gasteiger partial charge in [0, 0.05) is 15.8 Å². The first-order chi connectivity index (χ1) is 5.94. The minimum atomic E-state index is -2.22. The van der Waals surface area contributed by atoms with Gasteiger partial charge < -0.3 is 5.73 Å². The molecule has 0 spiro atoms. The number of thiol groups is 1. The fourth-order valence-corrected chi connectivity index (χ4v) is 2.48. The molecule has 0 heterocycles. The molecule has 0 saturated carbocycles. The molecule has 2 nitrogen and oxygen atoms in total. The fraction of sp³-hybridized carbons (Fsp3) is 0.400. The summed E-state index contributed by atoms with van der Waals surface area (Å²) in [5.41, 5.74) is 6.32. The molecule has 3 heteroatoms. The van der Waals surface area contributed by atoms with Gasteiger partial charge >= 0.3 is 0 Å². The summed E-state index contributed by atoms with van der Waals surface area (Å²) in [5.74, 6) is 0. The number of hydrogen-bond donors (Lipinski definition) is 2. The van der Waals surface area contributed by atoms with Crippen LogP contribution in [0.15, 0.2) is 29.2 Å². The Morgan fingerprint density at radius 1 is 1.38 bits per heavy atom. The molecule has 0 unspecified atom stereocenters. The highest BCUT2D eigenvalue weighted by Gasteiger charge is 2.16. The van der Waals surface area contributed by atoms with Crippen molar-refractivity contribution in [2.45, 2.75) is 24.0 Å². The zero-order valence-electron chi connectivity index (χ0n) is 8.32. The lowest BCUT2D eigenvalue weighted by molar-refractivity contribution is 0.667. The lowest BCUT2D eigenvalue weighted by Crippen LogP contribution is -2.21. The first-order valence-corrected chi connectivity index (χ1v) is 6.60. The van der Waals surface area contributed by atoms with Crippen molar-refractivity contribution in [3.8, 4) is 0 Å². The van der Waals surface area contributed by atoms with Crippen LogP contribution in [-0.4, -0.2) is 15.7 Å². The Bertz CT molecular complexity index is 347. The van der Waals surface area contributed by atoms with Crippen LogP contribution in [0.5, 0.6) is 0 Å². The van der Waals surface area contributed by atoms with Crippen LogP contribution in [-0.2, 0) is 9.93 Å². The molecular weight excluding hydrogens is 182 g/mol. The van der Waals surface area contributed by atoms with Gasteiger partial charge in [0.25, 0.3) is 0 Å². The standard InChI is InChI=1S/C10H17NOS/c1-8(2)13(3,12)10-6-4-5-9(11)7-10/h4-8,13H,11H2,1-3H3. The molecule has 2 N–H and O–H groups in total. The van der Waals surface area contributed by atoms with E-state index in [2.05, 4.69) is 0 Å². The Morgan fingerprint density at radius 3 is 2.46 bits per heavy atom. The SMILES string of the molecule is CC(C)[SH](C)(=O)c1cccc(N)c1. The molecule has 1 rings (SSSR count). The maximum atomic E-state index is 12.2. The van der Waals surface area contributed by atoms with E-state index < -0.39 is 9.93 Å². The second kappa shape index (κ2) is 3.50. The summed E-state index contributed by atoms with van der Waals surface area (Å²) in [4.78, 5) is 0.877. The molecule has 0 radical (unpaired) electrons. The van der Waals surface area contributed by atoms with Crippen molar-refractivity contribution in [3.05, 3.63) is 24.3 Å². The van der Waals surface area contributed by atoms with Gasteiger partial charge in [-0.3, -0.25) is 4.21 Å². The Labute approximate surface area is 80.6 Å². The zero-order chi connectivity index (χ0) is 10.1. The van der Waals surface area contributed by atoms with Gasteiger partial charge in [-0.05, 0) is 24.5 Å². The minimum absolute atomic E-state index is 0.175. The van der Waals surface area contributed by atoms with E-state index in [4.69, 9.17) is 5.73 Å². The number of nitrogen functional groups attached to an aromatic ring is 1. The van der Waals surface area contributed by atoms with Gasteiger partial charge in [-0.1, -0.05) is 29.8 Å². The monoisotopic (exact) mass is 199 g/mol. The average Bonchev–Trinajstić information content (AvgIpc) is 2.04. The van der Waals surface area contributed by atoms with E-state index in [-0.39, 0.29) is 5.25 Å². The van der Waals surface area contributed by atoms with E-state index in [1.54, 1.807) is 6.07 Å². The Morgan fingerprint density at radius 2 is 2.00 bits per heavy atom. The molecule has 0 aliphatic carbocycles. The number of anilines is 1. The molecule has 74 valence electrons. The van der Waals surface area contributed by atoms with E-state index in [1.165, 1.54) is 0 Å². The van der Waals surface area contributed by atoms with E-state index in [0.717, 1.165) is 4.90 Å². The summed E-state index contributed by atoms with van der Waals surface area (Å²) >= 11 is 0. The second-order valence-electron chi connectivity index (χ2n) is 3.68. The lowest BCUT2D eigenvalue weighted by Gasteiger charge is -2.23. The first-order valence-electron chi connectivity index (χ1n) is 4.38. The first kappa shape index (κ1) is 10.3. The molecule has 0 aromatic heterocycles. The minimum Gasteiger partial charge on any atom is -0.399 e. The van der Waals surface area contributed by atoms with Gasteiger partial charge in [-0.25, -0.2) is 0 Å². The van der Waals surface area contributed by atoms with Crippen molar-refractivity contribution in [2.24, 2.45) is 0 Å². The van der Waals surface area contributed by atoms with E-state index in [0.29, 0.717) is 5.69 Å². The summed E-state index contributed by atoms with van der Waals surface area (Å²) in [6.45, 7) is 3.95. The maximum Gasteiger partial charge on any atom is 0.0325 e. The topological polar surface area (TPSA) is 43.1 Å². The Hall–Kier alpha value is -0.830. The molecule has 0 fully saturated rings. The molecule has 1 aromatic rings. The molecule has 0 aliphatic heterocycles. The summed E-state index contributed by atoms with van der Waals surface area (Å²) in [6.07, 6.45) is 1.81. The number of nitrogens with two attached hydrogens (primary N) is 1. The van der Waals surface area contributed by atoms with Crippen LogP contribution in [0, 0.1) is 0 Å². The van der Waals surface area contributed by atoms with Crippen LogP contribution in [0.2, 0.25) is 0 Å². The van der Waals surface area contributed by atoms with Crippen LogP contribution in [0.25, 0.3) is 0 Å². The van der Waals surface area contributed by atoms with Crippen molar-refractivity contribution in [2.75, 3.05) is 12.0 Å². The summed E-state index contributed by atoms with van der Waals surface area (Å²) < 4.78 is 12.2. The van der Waals surface area contributed by atoms with Crippen molar-refractivity contribution in [1.82, 2.24) is 0 Å². The van der Waals surface area contributed by atoms with Crippen LogP contribution in [0.3, 0.4) is 0 Å². The van der Waals surface area contributed by atoms with Gasteiger partial charge in [-0.2, -0.15) is 0 Å². The van der Waals surface area contributed by atoms with E-state index in [1.807, 2.05) is 38.3 Å². The molecular formula is C10H17NOS. The number of benzene rings is 1. The van der Waals surface area contributed by atoms with Gasteiger partial charge in [0.05, 0.1) is 0 Å². The van der Waals surface area contributed by atoms with Crippen LogP contribution < -0.4 is 5.73 Å². The molecule has 0 bridgehead atoms. The normalized spacial score (nSPS) is 13.2. The quantitative estimate of drug-likeness (QED) is 0.562. The van der Waals surface area contributed by atoms with Crippen molar-refractivity contribution in [3.63, 3.8) is 0 Å². The van der Waals surface area contributed by atoms with Crippen molar-refractivity contribution in [1.29, 1.82) is 0 Å². The number of rotatable bonds is 2. The molecule has 13 heavy (non-hydrogen) atoms. The highest BCUT2D eigenvalue weighted by molar-refractivity contribution is 8.03. The van der Waals surface area contributed by atoms with Gasteiger partial charge in [0.1, 0.15) is 0 Å². The average molecular weight is 199 g/mol. The summed E-state index contributed by atoms with van der Waals surface area (Å²) in [7, 11) is -2.22. The third-order valence-corrected chi connectivity index (χ3v) is 5.64. The largest absolute Gasteiger partial charge is 0.399 e. The lowest BCUT2D eigenvalue weighted by atomic mass is 10.3. The third kappa shape index (κ3) is 2.10. The second-order valence-corrected chi connectivity index (χ2v) is 7.21. The van der Waals surface area contributed by atoms with Crippen LogP contribution in [0.4, 0.5) is 5.69 Å². The van der Waals surface area contributed by atoms with E-state index in [9.17, 15) is 4.21 Å². The predicted octanol–water partition coefficient (Wildman–Crippen LogP) is 1.68. The fourth-order valence-electron chi connectivity index (χ4n) is 1.10. The third-order valence-electron chi connectivity index (χ3n) is 2.37. The molecule has 0 atom stereocenters. The molecule has 0 saturated heterocycles. The van der Waals surface area contributed by atoms with Gasteiger partial charge in [0.2, 0.25) is 0 Å². The van der Waals surface area contributed by atoms with Crippen molar-refractivity contribution < 1.29 is 4.21 Å². The smallest absolute Gasteiger partial charge is 0.0325 e. The van der Waals surface area contributed by atoms with Crippen LogP contribution in [0.1, 0.15) is 13.8 Å². The molecule has 0 amide bonds. The summed E-state index contributed by atoms with van der Waals surface area (Å²) in [6, 6.07) is 7.35. The van der Waals surface area contributed by atoms with Gasteiger partial charge in [0.15, 0.2) is 0 Å². The zero-order valence-corrected chi connectivity index (χ0v) is 9.21.